The molecule has 1 heterocycles. The van der Waals surface area contributed by atoms with Gasteiger partial charge in [0.15, 0.2) is 0 Å². The second-order valence-corrected chi connectivity index (χ2v) is 16.4. The quantitative estimate of drug-likeness (QED) is 0.112. The predicted molar refractivity (Wildman–Crippen MR) is 193 cm³/mol. The lowest BCUT2D eigenvalue weighted by Crippen LogP contribution is -2.49. The molecule has 5 rings (SSSR count). The molecule has 12 heteroatoms. The average molecular weight is 705 g/mol. The average Bonchev–Trinajstić information content (AvgIpc) is 3.53. The molecule has 0 aromatic heterocycles. The molecule has 3 aromatic carbocycles. The number of amides is 1. The van der Waals surface area contributed by atoms with Gasteiger partial charge in [0.05, 0.1) is 4.90 Å². The maximum Gasteiger partial charge on any atom is 0.407 e. The molecule has 0 fully saturated rings. The minimum atomic E-state index is -4.07. The van der Waals surface area contributed by atoms with Gasteiger partial charge in [-0.1, -0.05) is 48.5 Å². The lowest BCUT2D eigenvalue weighted by molar-refractivity contribution is -0.139. The standard InChI is InChI=1S/C38H48N4O7S/c1-22-23(2)33(24(3)29-20-38(7,8)49-32(22)29)50(46,47)42-35(41-37(4,5)6)39-19-13-18-31(34(43)44)40-36(45)48-21-30-27-16-11-9-14-25(27)26-15-10-12-17-28(26)30/h9-12,14-17,30-31H,13,18-21H2,1-8H3,(H,40,45)(H,43,44)(H2,39,41,42)/t31-/m0/s1. The first-order valence-electron chi connectivity index (χ1n) is 16.9. The molecule has 0 saturated carbocycles. The predicted octanol–water partition coefficient (Wildman–Crippen LogP) is 6.12. The van der Waals surface area contributed by atoms with E-state index in [1.165, 1.54) is 0 Å². The third kappa shape index (κ3) is 7.90. The number of sulfonamides is 1. The molecule has 1 atom stereocenters. The second kappa shape index (κ2) is 14.0. The molecule has 11 nitrogen and oxygen atoms in total. The number of fused-ring (bicyclic) bond motifs is 4. The summed E-state index contributed by atoms with van der Waals surface area (Å²) in [5, 5.41) is 15.5. The second-order valence-electron chi connectivity index (χ2n) is 14.8. The topological polar surface area (TPSA) is 155 Å². The number of hydrogen-bond donors (Lipinski definition) is 4. The van der Waals surface area contributed by atoms with Crippen molar-refractivity contribution in [2.75, 3.05) is 13.2 Å². The summed E-state index contributed by atoms with van der Waals surface area (Å²) in [4.78, 5) is 29.6. The highest BCUT2D eigenvalue weighted by Crippen LogP contribution is 2.45. The molecule has 4 N–H and O–H groups in total. The Morgan fingerprint density at radius 2 is 1.60 bits per heavy atom. The van der Waals surface area contributed by atoms with Crippen LogP contribution < -0.4 is 20.1 Å². The lowest BCUT2D eigenvalue weighted by atomic mass is 9.94. The number of aliphatic imine (C=N–C) groups is 1. The van der Waals surface area contributed by atoms with Gasteiger partial charge in [0, 0.05) is 30.0 Å². The Morgan fingerprint density at radius 1 is 1.00 bits per heavy atom. The number of benzene rings is 3. The third-order valence-electron chi connectivity index (χ3n) is 9.14. The Kier molecular flexibility index (Phi) is 10.3. The normalized spacial score (nSPS) is 15.7. The van der Waals surface area contributed by atoms with Crippen LogP contribution in [0.1, 0.15) is 86.8 Å². The van der Waals surface area contributed by atoms with Crippen LogP contribution in [-0.2, 0) is 26.0 Å². The van der Waals surface area contributed by atoms with Crippen LogP contribution in [0.5, 0.6) is 5.75 Å². The van der Waals surface area contributed by atoms with Crippen molar-refractivity contribution < 1.29 is 32.6 Å². The molecular formula is C38H48N4O7S. The summed E-state index contributed by atoms with van der Waals surface area (Å²) >= 11 is 0. The van der Waals surface area contributed by atoms with Gasteiger partial charge in [-0.25, -0.2) is 22.7 Å². The summed E-state index contributed by atoms with van der Waals surface area (Å²) in [5.41, 5.74) is 6.22. The molecule has 1 aliphatic heterocycles. The number of alkyl carbamates (subject to hydrolysis) is 1. The summed E-state index contributed by atoms with van der Waals surface area (Å²) in [6.45, 7) is 15.2. The van der Waals surface area contributed by atoms with E-state index < -0.39 is 39.3 Å². The minimum absolute atomic E-state index is 0.0439. The summed E-state index contributed by atoms with van der Waals surface area (Å²) < 4.78 is 42.2. The number of carbonyl (C=O) groups excluding carboxylic acids is 1. The largest absolute Gasteiger partial charge is 0.487 e. The van der Waals surface area contributed by atoms with E-state index in [0.717, 1.165) is 39.1 Å². The molecular weight excluding hydrogens is 657 g/mol. The van der Waals surface area contributed by atoms with E-state index in [9.17, 15) is 23.1 Å². The molecule has 1 aliphatic carbocycles. The zero-order valence-electron chi connectivity index (χ0n) is 30.1. The van der Waals surface area contributed by atoms with Gasteiger partial charge in [-0.05, 0) is 107 Å². The van der Waals surface area contributed by atoms with Crippen LogP contribution in [0.2, 0.25) is 0 Å². The van der Waals surface area contributed by atoms with E-state index in [4.69, 9.17) is 9.47 Å². The molecule has 268 valence electrons. The summed E-state index contributed by atoms with van der Waals surface area (Å²) in [6, 6.07) is 14.7. The molecule has 0 bridgehead atoms. The molecule has 2 aliphatic rings. The van der Waals surface area contributed by atoms with Crippen LogP contribution in [0.25, 0.3) is 11.1 Å². The number of nitrogens with one attached hydrogen (secondary N) is 3. The van der Waals surface area contributed by atoms with E-state index in [-0.39, 0.29) is 42.8 Å². The van der Waals surface area contributed by atoms with Crippen LogP contribution in [-0.4, -0.2) is 61.9 Å². The number of ether oxygens (including phenoxy) is 2. The van der Waals surface area contributed by atoms with Crippen molar-refractivity contribution in [2.45, 2.75) is 103 Å². The molecule has 3 aromatic rings. The van der Waals surface area contributed by atoms with E-state index in [1.807, 2.05) is 90.1 Å². The van der Waals surface area contributed by atoms with Crippen molar-refractivity contribution >= 4 is 28.0 Å². The Bertz CT molecular complexity index is 1900. The summed E-state index contributed by atoms with van der Waals surface area (Å²) in [6.07, 6.45) is 0.0691. The van der Waals surface area contributed by atoms with Gasteiger partial charge in [-0.15, -0.1) is 0 Å². The van der Waals surface area contributed by atoms with Gasteiger partial charge in [0.2, 0.25) is 5.96 Å². The Morgan fingerprint density at radius 3 is 2.18 bits per heavy atom. The number of hydrogen-bond acceptors (Lipinski definition) is 7. The van der Waals surface area contributed by atoms with Crippen molar-refractivity contribution in [3.05, 3.63) is 81.9 Å². The van der Waals surface area contributed by atoms with Gasteiger partial charge in [0.1, 0.15) is 24.0 Å². The van der Waals surface area contributed by atoms with Crippen LogP contribution in [0.4, 0.5) is 4.79 Å². The van der Waals surface area contributed by atoms with Crippen molar-refractivity contribution in [3.63, 3.8) is 0 Å². The van der Waals surface area contributed by atoms with Crippen LogP contribution in [0.3, 0.4) is 0 Å². The smallest absolute Gasteiger partial charge is 0.407 e. The van der Waals surface area contributed by atoms with E-state index in [1.54, 1.807) is 13.8 Å². The van der Waals surface area contributed by atoms with Crippen molar-refractivity contribution in [2.24, 2.45) is 4.99 Å². The molecule has 0 unspecified atom stereocenters. The maximum absolute atomic E-state index is 13.9. The molecule has 0 spiro atoms. The Labute approximate surface area is 294 Å². The summed E-state index contributed by atoms with van der Waals surface area (Å²) in [7, 11) is -4.07. The first kappa shape index (κ1) is 36.7. The van der Waals surface area contributed by atoms with Gasteiger partial charge in [-0.2, -0.15) is 0 Å². The van der Waals surface area contributed by atoms with Gasteiger partial charge < -0.3 is 25.2 Å². The monoisotopic (exact) mass is 704 g/mol. The summed E-state index contributed by atoms with van der Waals surface area (Å²) in [5.74, 6) is -0.578. The molecule has 0 saturated heterocycles. The third-order valence-corrected chi connectivity index (χ3v) is 10.8. The van der Waals surface area contributed by atoms with Crippen molar-refractivity contribution in [3.8, 4) is 16.9 Å². The first-order valence-corrected chi connectivity index (χ1v) is 18.4. The molecule has 0 radical (unpaired) electrons. The van der Waals surface area contributed by atoms with Crippen LogP contribution in [0, 0.1) is 20.8 Å². The zero-order valence-corrected chi connectivity index (χ0v) is 30.9. The lowest BCUT2D eigenvalue weighted by Gasteiger charge is -2.25. The van der Waals surface area contributed by atoms with E-state index in [2.05, 4.69) is 20.3 Å². The number of carboxylic acids is 1. The van der Waals surface area contributed by atoms with Crippen LogP contribution >= 0.6 is 0 Å². The zero-order chi connectivity index (χ0) is 36.6. The fourth-order valence-electron chi connectivity index (χ4n) is 6.80. The molecule has 50 heavy (non-hydrogen) atoms. The Balaban J connectivity index is 1.23. The SMILES string of the molecule is Cc1c(C)c(S(=O)(=O)NC(=NCCC[C@H](NC(=O)OCC2c3ccccc3-c3ccccc32)C(=O)O)NC(C)(C)C)c(C)c2c1OC(C)(C)C2. The van der Waals surface area contributed by atoms with Crippen LogP contribution in [0.15, 0.2) is 58.4 Å². The van der Waals surface area contributed by atoms with E-state index in [0.29, 0.717) is 17.5 Å². The number of aliphatic carboxylic acids is 1. The first-order chi connectivity index (χ1) is 23.4. The number of nitrogens with zero attached hydrogens (tertiary/aromatic N) is 1. The van der Waals surface area contributed by atoms with Crippen molar-refractivity contribution in [1.82, 2.24) is 15.4 Å². The van der Waals surface area contributed by atoms with Gasteiger partial charge in [0.25, 0.3) is 10.0 Å². The fourth-order valence-corrected chi connectivity index (χ4v) is 8.36. The number of rotatable bonds is 10. The fraction of sp³-hybridized carbons (Fsp3) is 0.447. The van der Waals surface area contributed by atoms with Gasteiger partial charge >= 0.3 is 12.1 Å². The minimum Gasteiger partial charge on any atom is -0.487 e. The van der Waals surface area contributed by atoms with Crippen molar-refractivity contribution in [1.29, 1.82) is 0 Å². The highest BCUT2D eigenvalue weighted by atomic mass is 32.2. The Hall–Kier alpha value is -4.58. The number of guanidine groups is 1. The number of carbonyl (C=O) groups is 2. The highest BCUT2D eigenvalue weighted by Gasteiger charge is 2.37. The van der Waals surface area contributed by atoms with E-state index >= 15 is 0 Å². The molecule has 1 amide bonds. The van der Waals surface area contributed by atoms with Gasteiger partial charge in [-0.3, -0.25) is 4.99 Å². The maximum atomic E-state index is 13.9. The number of carboxylic acid groups (broad SMARTS) is 1. The highest BCUT2D eigenvalue weighted by molar-refractivity contribution is 7.90.